The fraction of sp³-hybridized carbons (Fsp3) is 0.125. The van der Waals surface area contributed by atoms with Crippen LogP contribution in [0.4, 0.5) is 0 Å². The van der Waals surface area contributed by atoms with Crippen LogP contribution in [-0.2, 0) is 0 Å². The Morgan fingerprint density at radius 1 is 1.10 bits per heavy atom. The van der Waals surface area contributed by atoms with Crippen molar-refractivity contribution in [1.29, 1.82) is 0 Å². The fourth-order valence-electron chi connectivity index (χ4n) is 2.03. The van der Waals surface area contributed by atoms with Gasteiger partial charge in [-0.1, -0.05) is 41.4 Å². The second kappa shape index (κ2) is 6.32. The van der Waals surface area contributed by atoms with Crippen LogP contribution in [0.1, 0.15) is 11.8 Å². The van der Waals surface area contributed by atoms with Crippen molar-refractivity contribution in [2.75, 3.05) is 5.75 Å². The third-order valence-corrected chi connectivity index (χ3v) is 4.97. The molecule has 0 saturated heterocycles. The molecule has 1 aromatic heterocycles. The van der Waals surface area contributed by atoms with Gasteiger partial charge in [0.25, 0.3) is 0 Å². The Morgan fingerprint density at radius 3 is 2.71 bits per heavy atom. The number of hydrogen-bond donors (Lipinski definition) is 1. The zero-order valence-corrected chi connectivity index (χ0v) is 13.4. The monoisotopic (exact) mass is 337 g/mol. The minimum absolute atomic E-state index is 0.197. The maximum Gasteiger partial charge on any atom is 0.134 e. The highest BCUT2D eigenvalue weighted by atomic mass is 35.5. The third kappa shape index (κ3) is 3.38. The Kier molecular flexibility index (Phi) is 4.45. The van der Waals surface area contributed by atoms with E-state index in [0.29, 0.717) is 15.8 Å². The summed E-state index contributed by atoms with van der Waals surface area (Å²) in [5.74, 6) is 1.45. The van der Waals surface area contributed by atoms with Crippen LogP contribution in [0.5, 0.6) is 0 Å². The zero-order valence-electron chi connectivity index (χ0n) is 11.1. The minimum atomic E-state index is -0.197. The number of furan rings is 1. The summed E-state index contributed by atoms with van der Waals surface area (Å²) in [5.41, 5.74) is 7.06. The molecule has 2 aromatic carbocycles. The number of thioether (sulfide) groups is 1. The van der Waals surface area contributed by atoms with Crippen LogP contribution in [0.15, 0.2) is 57.8 Å². The lowest BCUT2D eigenvalue weighted by atomic mass is 10.2. The predicted octanol–water partition coefficient (Wildman–Crippen LogP) is 5.53. The maximum absolute atomic E-state index is 6.20. The highest BCUT2D eigenvalue weighted by molar-refractivity contribution is 7.99. The summed E-state index contributed by atoms with van der Waals surface area (Å²) in [7, 11) is 0. The predicted molar refractivity (Wildman–Crippen MR) is 90.3 cm³/mol. The van der Waals surface area contributed by atoms with Crippen LogP contribution < -0.4 is 5.73 Å². The molecule has 0 fully saturated rings. The molecule has 5 heteroatoms. The molecule has 0 bridgehead atoms. The van der Waals surface area contributed by atoms with Gasteiger partial charge in [0.05, 0.1) is 11.1 Å². The second-order valence-corrected chi connectivity index (χ2v) is 6.58. The summed E-state index contributed by atoms with van der Waals surface area (Å²) >= 11 is 13.7. The normalized spacial score (nSPS) is 12.7. The van der Waals surface area contributed by atoms with E-state index in [-0.39, 0.29) is 6.04 Å². The zero-order chi connectivity index (χ0) is 14.8. The molecule has 0 radical (unpaired) electrons. The number of nitrogens with two attached hydrogens (primary N) is 1. The van der Waals surface area contributed by atoms with Crippen LogP contribution in [-0.4, -0.2) is 5.75 Å². The van der Waals surface area contributed by atoms with Crippen LogP contribution in [0, 0.1) is 0 Å². The largest absolute Gasteiger partial charge is 0.459 e. The van der Waals surface area contributed by atoms with E-state index >= 15 is 0 Å². The molecule has 3 aromatic rings. The Morgan fingerprint density at radius 2 is 1.90 bits per heavy atom. The number of benzene rings is 2. The molecular weight excluding hydrogens is 325 g/mol. The Bertz CT molecular complexity index is 739. The van der Waals surface area contributed by atoms with Crippen molar-refractivity contribution in [3.05, 3.63) is 64.3 Å². The lowest BCUT2D eigenvalue weighted by molar-refractivity contribution is 0.516. The van der Waals surface area contributed by atoms with Gasteiger partial charge in [0.1, 0.15) is 11.3 Å². The highest BCUT2D eigenvalue weighted by Crippen LogP contribution is 2.33. The molecule has 3 rings (SSSR count). The van der Waals surface area contributed by atoms with Crippen LogP contribution in [0.3, 0.4) is 0 Å². The molecule has 0 aliphatic carbocycles. The third-order valence-electron chi connectivity index (χ3n) is 3.12. The molecule has 21 heavy (non-hydrogen) atoms. The van der Waals surface area contributed by atoms with Crippen molar-refractivity contribution in [1.82, 2.24) is 0 Å². The molecule has 1 heterocycles. The number of hydrogen-bond acceptors (Lipinski definition) is 3. The van der Waals surface area contributed by atoms with Gasteiger partial charge in [-0.25, -0.2) is 0 Å². The number of fused-ring (bicyclic) bond motifs is 1. The standard InChI is InChI=1S/C16H13Cl2NOS/c17-11-5-6-12(18)16(8-11)21-9-13(19)15-7-10-3-1-2-4-14(10)20-15/h1-8,13H,9,19H2. The Hall–Kier alpha value is -1.13. The topological polar surface area (TPSA) is 39.2 Å². The minimum Gasteiger partial charge on any atom is -0.459 e. The van der Waals surface area contributed by atoms with Gasteiger partial charge in [-0.3, -0.25) is 0 Å². The smallest absolute Gasteiger partial charge is 0.134 e. The van der Waals surface area contributed by atoms with E-state index in [9.17, 15) is 0 Å². The van der Waals surface area contributed by atoms with Gasteiger partial charge in [0, 0.05) is 21.1 Å². The molecule has 0 aliphatic heterocycles. The lowest BCUT2D eigenvalue weighted by Crippen LogP contribution is -2.11. The van der Waals surface area contributed by atoms with E-state index in [2.05, 4.69) is 0 Å². The van der Waals surface area contributed by atoms with Crippen molar-refractivity contribution in [2.24, 2.45) is 5.73 Å². The summed E-state index contributed by atoms with van der Waals surface area (Å²) in [6.07, 6.45) is 0. The van der Waals surface area contributed by atoms with Gasteiger partial charge in [-0.15, -0.1) is 11.8 Å². The van der Waals surface area contributed by atoms with Crippen LogP contribution >= 0.6 is 35.0 Å². The molecule has 2 N–H and O–H groups in total. The molecule has 0 spiro atoms. The van der Waals surface area contributed by atoms with Crippen LogP contribution in [0.2, 0.25) is 10.0 Å². The molecule has 1 unspecified atom stereocenters. The summed E-state index contributed by atoms with van der Waals surface area (Å²) in [6, 6.07) is 15.1. The van der Waals surface area contributed by atoms with Crippen molar-refractivity contribution in [3.63, 3.8) is 0 Å². The average molecular weight is 338 g/mol. The summed E-state index contributed by atoms with van der Waals surface area (Å²) in [5, 5.41) is 2.41. The van der Waals surface area contributed by atoms with E-state index < -0.39 is 0 Å². The first kappa shape index (κ1) is 14.8. The number of para-hydroxylation sites is 1. The van der Waals surface area contributed by atoms with E-state index in [1.807, 2.05) is 36.4 Å². The number of halogens is 2. The molecular formula is C16H13Cl2NOS. The Labute approximate surface area is 137 Å². The SMILES string of the molecule is NC(CSc1cc(Cl)ccc1Cl)c1cc2ccccc2o1. The first-order chi connectivity index (χ1) is 10.1. The molecule has 0 aliphatic rings. The fourth-order valence-corrected chi connectivity index (χ4v) is 3.49. The summed E-state index contributed by atoms with van der Waals surface area (Å²) in [4.78, 5) is 0.927. The van der Waals surface area contributed by atoms with Crippen molar-refractivity contribution in [3.8, 4) is 0 Å². The second-order valence-electron chi connectivity index (χ2n) is 4.68. The van der Waals surface area contributed by atoms with Gasteiger partial charge in [-0.2, -0.15) is 0 Å². The average Bonchev–Trinajstić information content (AvgIpc) is 2.92. The first-order valence-corrected chi connectivity index (χ1v) is 8.19. The van der Waals surface area contributed by atoms with E-state index in [1.165, 1.54) is 0 Å². The molecule has 1 atom stereocenters. The van der Waals surface area contributed by atoms with Crippen molar-refractivity contribution < 1.29 is 4.42 Å². The van der Waals surface area contributed by atoms with E-state index in [4.69, 9.17) is 33.4 Å². The first-order valence-electron chi connectivity index (χ1n) is 6.45. The highest BCUT2D eigenvalue weighted by Gasteiger charge is 2.13. The van der Waals surface area contributed by atoms with E-state index in [1.54, 1.807) is 23.9 Å². The van der Waals surface area contributed by atoms with Crippen molar-refractivity contribution in [2.45, 2.75) is 10.9 Å². The summed E-state index contributed by atoms with van der Waals surface area (Å²) in [6.45, 7) is 0. The number of rotatable bonds is 4. The van der Waals surface area contributed by atoms with Gasteiger partial charge in [-0.05, 0) is 30.3 Å². The summed E-state index contributed by atoms with van der Waals surface area (Å²) < 4.78 is 5.77. The van der Waals surface area contributed by atoms with Gasteiger partial charge < -0.3 is 10.2 Å². The Balaban J connectivity index is 1.74. The quantitative estimate of drug-likeness (QED) is 0.636. The maximum atomic E-state index is 6.20. The van der Waals surface area contributed by atoms with Gasteiger partial charge in [0.2, 0.25) is 0 Å². The van der Waals surface area contributed by atoms with E-state index in [0.717, 1.165) is 21.6 Å². The van der Waals surface area contributed by atoms with Gasteiger partial charge in [0.15, 0.2) is 0 Å². The molecule has 2 nitrogen and oxygen atoms in total. The van der Waals surface area contributed by atoms with Crippen LogP contribution in [0.25, 0.3) is 11.0 Å². The molecule has 0 saturated carbocycles. The lowest BCUT2D eigenvalue weighted by Gasteiger charge is -2.09. The molecule has 108 valence electrons. The van der Waals surface area contributed by atoms with Crippen molar-refractivity contribution >= 4 is 45.9 Å². The van der Waals surface area contributed by atoms with Gasteiger partial charge >= 0.3 is 0 Å². The molecule has 0 amide bonds.